The first-order chi connectivity index (χ1) is 15.9. The molecule has 0 aliphatic carbocycles. The second-order valence-electron chi connectivity index (χ2n) is 9.75. The fraction of sp³-hybridized carbons (Fsp3) is 0.455. The van der Waals surface area contributed by atoms with Crippen LogP contribution in [0.4, 0.5) is 9.93 Å². The van der Waals surface area contributed by atoms with E-state index in [-0.39, 0.29) is 11.9 Å². The Labute approximate surface area is 209 Å². The Bertz CT molecular complexity index is 1120. The summed E-state index contributed by atoms with van der Waals surface area (Å²) in [6, 6.07) is 2.63. The summed E-state index contributed by atoms with van der Waals surface area (Å²) in [7, 11) is -1.26. The van der Waals surface area contributed by atoms with Crippen LogP contribution in [0.5, 0.6) is 0 Å². The smallest absolute Gasteiger partial charge is 0.418 e. The largest absolute Gasteiger partial charge is 0.443 e. The SMILES string of the molecule is CC(C)(C)OC(=O)N(COCC[Si](C)(C)C)c1ncc(-c2cc(Cl)nc(-c3cnccn3)n2)s1. The van der Waals surface area contributed by atoms with Crippen molar-refractivity contribution >= 4 is 42.2 Å². The van der Waals surface area contributed by atoms with E-state index in [0.29, 0.717) is 33.8 Å². The molecule has 12 heteroatoms. The van der Waals surface area contributed by atoms with Gasteiger partial charge in [0.2, 0.25) is 0 Å². The third-order valence-corrected chi connectivity index (χ3v) is 7.24. The van der Waals surface area contributed by atoms with Crippen molar-refractivity contribution in [2.75, 3.05) is 18.2 Å². The molecule has 182 valence electrons. The molecule has 1 amide bonds. The molecule has 3 aromatic rings. The van der Waals surface area contributed by atoms with Gasteiger partial charge in [-0.2, -0.15) is 0 Å². The molecule has 0 radical (unpaired) electrons. The minimum absolute atomic E-state index is 0.0434. The van der Waals surface area contributed by atoms with Crippen molar-refractivity contribution in [3.8, 4) is 22.1 Å². The summed E-state index contributed by atoms with van der Waals surface area (Å²) in [5, 5.41) is 0.701. The minimum atomic E-state index is -1.26. The van der Waals surface area contributed by atoms with Crippen LogP contribution in [0.1, 0.15) is 20.8 Å². The number of amides is 1. The Morgan fingerprint density at radius 2 is 1.88 bits per heavy atom. The lowest BCUT2D eigenvalue weighted by Crippen LogP contribution is -2.38. The maximum atomic E-state index is 12.9. The summed E-state index contributed by atoms with van der Waals surface area (Å²) in [6.07, 6.45) is 5.81. The number of aromatic nitrogens is 5. The zero-order chi connectivity index (χ0) is 24.9. The van der Waals surface area contributed by atoms with Crippen LogP contribution in [0.3, 0.4) is 0 Å². The molecule has 0 aliphatic rings. The lowest BCUT2D eigenvalue weighted by atomic mass is 10.2. The van der Waals surface area contributed by atoms with E-state index in [1.807, 2.05) is 20.8 Å². The fourth-order valence-corrected chi connectivity index (χ4v) is 4.41. The van der Waals surface area contributed by atoms with Crippen LogP contribution in [-0.2, 0) is 9.47 Å². The van der Waals surface area contributed by atoms with Crippen LogP contribution in [0.2, 0.25) is 30.8 Å². The number of carbonyl (C=O) groups is 1. The number of rotatable bonds is 8. The third kappa shape index (κ3) is 7.79. The van der Waals surface area contributed by atoms with Crippen LogP contribution in [0, 0.1) is 0 Å². The highest BCUT2D eigenvalue weighted by Crippen LogP contribution is 2.32. The van der Waals surface area contributed by atoms with Crippen molar-refractivity contribution < 1.29 is 14.3 Å². The molecule has 0 unspecified atom stereocenters. The normalized spacial score (nSPS) is 12.0. The van der Waals surface area contributed by atoms with E-state index in [1.54, 1.807) is 30.9 Å². The van der Waals surface area contributed by atoms with Crippen molar-refractivity contribution in [2.24, 2.45) is 0 Å². The summed E-state index contributed by atoms with van der Waals surface area (Å²) in [5.74, 6) is 0.351. The zero-order valence-electron chi connectivity index (χ0n) is 20.2. The predicted molar refractivity (Wildman–Crippen MR) is 137 cm³/mol. The Morgan fingerprint density at radius 1 is 1.12 bits per heavy atom. The van der Waals surface area contributed by atoms with Gasteiger partial charge in [0, 0.05) is 39.3 Å². The molecule has 0 N–H and O–H groups in total. The number of nitrogens with zero attached hydrogens (tertiary/aromatic N) is 6. The summed E-state index contributed by atoms with van der Waals surface area (Å²) < 4.78 is 11.4. The molecule has 34 heavy (non-hydrogen) atoms. The molecule has 0 aromatic carbocycles. The van der Waals surface area contributed by atoms with Crippen molar-refractivity contribution in [1.82, 2.24) is 24.9 Å². The monoisotopic (exact) mass is 520 g/mol. The highest BCUT2D eigenvalue weighted by molar-refractivity contribution is 7.19. The van der Waals surface area contributed by atoms with Gasteiger partial charge in [-0.25, -0.2) is 29.6 Å². The van der Waals surface area contributed by atoms with E-state index >= 15 is 0 Å². The standard InChI is InChI=1S/C22H29ClN6O3SSi/c1-22(2,3)32-21(30)29(14-31-9-10-34(4,5)6)20-26-13-17(33-20)15-11-18(23)28-19(27-15)16-12-24-7-8-25-16/h7-8,11-13H,9-10,14H2,1-6H3. The zero-order valence-corrected chi connectivity index (χ0v) is 22.8. The van der Waals surface area contributed by atoms with E-state index in [0.717, 1.165) is 6.04 Å². The summed E-state index contributed by atoms with van der Waals surface area (Å²) in [4.78, 5) is 36.6. The lowest BCUT2D eigenvalue weighted by Gasteiger charge is -2.26. The van der Waals surface area contributed by atoms with Gasteiger partial charge in [-0.15, -0.1) is 0 Å². The van der Waals surface area contributed by atoms with Gasteiger partial charge in [-0.1, -0.05) is 42.6 Å². The second kappa shape index (κ2) is 10.9. The van der Waals surface area contributed by atoms with E-state index in [1.165, 1.54) is 16.2 Å². The van der Waals surface area contributed by atoms with Gasteiger partial charge < -0.3 is 9.47 Å². The fourth-order valence-electron chi connectivity index (χ4n) is 2.62. The highest BCUT2D eigenvalue weighted by Gasteiger charge is 2.26. The molecular formula is C22H29ClN6O3SSi. The summed E-state index contributed by atoms with van der Waals surface area (Å²) >= 11 is 7.53. The van der Waals surface area contributed by atoms with Crippen molar-refractivity contribution in [3.05, 3.63) is 36.0 Å². The van der Waals surface area contributed by atoms with Gasteiger partial charge >= 0.3 is 6.09 Å². The third-order valence-electron chi connectivity index (χ3n) is 4.29. The first kappa shape index (κ1) is 26.1. The van der Waals surface area contributed by atoms with Crippen molar-refractivity contribution in [2.45, 2.75) is 52.1 Å². The molecule has 0 bridgehead atoms. The van der Waals surface area contributed by atoms with E-state index in [9.17, 15) is 4.79 Å². The Kier molecular flexibility index (Phi) is 8.34. The molecule has 0 fully saturated rings. The average Bonchev–Trinajstić information content (AvgIpc) is 3.21. The van der Waals surface area contributed by atoms with Crippen molar-refractivity contribution in [1.29, 1.82) is 0 Å². The van der Waals surface area contributed by atoms with E-state index < -0.39 is 19.8 Å². The predicted octanol–water partition coefficient (Wildman–Crippen LogP) is 5.76. The quantitative estimate of drug-likeness (QED) is 0.160. The van der Waals surface area contributed by atoms with Crippen LogP contribution < -0.4 is 4.90 Å². The molecular weight excluding hydrogens is 492 g/mol. The topological polar surface area (TPSA) is 103 Å². The Balaban J connectivity index is 1.85. The van der Waals surface area contributed by atoms with Crippen LogP contribution in [-0.4, -0.2) is 58.0 Å². The first-order valence-corrected chi connectivity index (χ1v) is 15.7. The Hall–Kier alpha value is -2.47. The minimum Gasteiger partial charge on any atom is -0.443 e. The molecule has 0 saturated heterocycles. The second-order valence-corrected chi connectivity index (χ2v) is 16.8. The van der Waals surface area contributed by atoms with Gasteiger partial charge in [-0.3, -0.25) is 4.98 Å². The molecule has 3 rings (SSSR count). The first-order valence-electron chi connectivity index (χ1n) is 10.8. The maximum Gasteiger partial charge on any atom is 0.418 e. The number of thiazole rings is 1. The molecule has 0 spiro atoms. The number of hydrogen-bond acceptors (Lipinski definition) is 9. The summed E-state index contributed by atoms with van der Waals surface area (Å²) in [5.41, 5.74) is 0.412. The van der Waals surface area contributed by atoms with Crippen LogP contribution in [0.25, 0.3) is 22.1 Å². The van der Waals surface area contributed by atoms with Gasteiger partial charge in [0.25, 0.3) is 0 Å². The highest BCUT2D eigenvalue weighted by atomic mass is 35.5. The number of carbonyl (C=O) groups excluding carboxylic acids is 1. The molecule has 9 nitrogen and oxygen atoms in total. The van der Waals surface area contributed by atoms with Crippen LogP contribution >= 0.6 is 22.9 Å². The van der Waals surface area contributed by atoms with Crippen molar-refractivity contribution in [3.63, 3.8) is 0 Å². The maximum absolute atomic E-state index is 12.9. The number of hydrogen-bond donors (Lipinski definition) is 0. The van der Waals surface area contributed by atoms with Gasteiger partial charge in [-0.05, 0) is 26.8 Å². The molecule has 3 heterocycles. The molecule has 0 atom stereocenters. The lowest BCUT2D eigenvalue weighted by molar-refractivity contribution is 0.0500. The summed E-state index contributed by atoms with van der Waals surface area (Å²) in [6.45, 7) is 12.9. The van der Waals surface area contributed by atoms with Gasteiger partial charge in [0.15, 0.2) is 11.0 Å². The average molecular weight is 521 g/mol. The number of ether oxygens (including phenoxy) is 2. The van der Waals surface area contributed by atoms with Gasteiger partial charge in [0.1, 0.15) is 23.2 Å². The molecule has 0 aliphatic heterocycles. The van der Waals surface area contributed by atoms with Crippen LogP contribution in [0.15, 0.2) is 30.9 Å². The number of halogens is 1. The molecule has 3 aromatic heterocycles. The Morgan fingerprint density at radius 3 is 2.53 bits per heavy atom. The van der Waals surface area contributed by atoms with E-state index in [4.69, 9.17) is 21.1 Å². The molecule has 0 saturated carbocycles. The number of anilines is 1. The van der Waals surface area contributed by atoms with E-state index in [2.05, 4.69) is 44.6 Å². The van der Waals surface area contributed by atoms with Gasteiger partial charge in [0.05, 0.1) is 16.8 Å².